The molecule has 3 aliphatic rings. The van der Waals surface area contributed by atoms with Crippen molar-refractivity contribution in [3.8, 4) is 17.2 Å². The van der Waals surface area contributed by atoms with E-state index in [1.54, 1.807) is 7.11 Å². The van der Waals surface area contributed by atoms with Gasteiger partial charge in [-0.15, -0.1) is 0 Å². The SMILES string of the molecule is COc1cc(CN2CCCC(CCC(=O)NC3CC3)C2)cc2c1OCO2. The lowest BCUT2D eigenvalue weighted by Gasteiger charge is -2.32. The minimum Gasteiger partial charge on any atom is -0.493 e. The topological polar surface area (TPSA) is 60.0 Å². The number of nitrogens with zero attached hydrogens (tertiary/aromatic N) is 1. The number of benzene rings is 1. The van der Waals surface area contributed by atoms with E-state index in [4.69, 9.17) is 14.2 Å². The predicted molar refractivity (Wildman–Crippen MR) is 97.5 cm³/mol. The van der Waals surface area contributed by atoms with E-state index in [1.807, 2.05) is 6.07 Å². The van der Waals surface area contributed by atoms with Crippen molar-refractivity contribution in [1.29, 1.82) is 0 Å². The van der Waals surface area contributed by atoms with Gasteiger partial charge in [0.2, 0.25) is 18.4 Å². The minimum atomic E-state index is 0.227. The summed E-state index contributed by atoms with van der Waals surface area (Å²) < 4.78 is 16.4. The average Bonchev–Trinajstić information content (AvgIpc) is 3.33. The molecule has 26 heavy (non-hydrogen) atoms. The van der Waals surface area contributed by atoms with Crippen molar-refractivity contribution in [2.75, 3.05) is 27.0 Å². The zero-order chi connectivity index (χ0) is 17.9. The van der Waals surface area contributed by atoms with Crippen LogP contribution in [0.15, 0.2) is 12.1 Å². The van der Waals surface area contributed by atoms with Gasteiger partial charge >= 0.3 is 0 Å². The van der Waals surface area contributed by atoms with Crippen LogP contribution in [0.4, 0.5) is 0 Å². The summed E-state index contributed by atoms with van der Waals surface area (Å²) in [7, 11) is 1.66. The molecule has 6 heteroatoms. The molecule has 2 aliphatic heterocycles. The van der Waals surface area contributed by atoms with Crippen LogP contribution >= 0.6 is 0 Å². The second-order valence-corrected chi connectivity index (χ2v) is 7.66. The Bertz CT molecular complexity index is 659. The highest BCUT2D eigenvalue weighted by Crippen LogP contribution is 2.42. The van der Waals surface area contributed by atoms with Crippen molar-refractivity contribution in [2.45, 2.75) is 51.1 Å². The van der Waals surface area contributed by atoms with Crippen LogP contribution in [0.1, 0.15) is 44.1 Å². The normalized spacial score (nSPS) is 22.3. The molecule has 6 nitrogen and oxygen atoms in total. The first-order valence-corrected chi connectivity index (χ1v) is 9.69. The van der Waals surface area contributed by atoms with E-state index in [-0.39, 0.29) is 12.7 Å². The van der Waals surface area contributed by atoms with Crippen LogP contribution in [0.25, 0.3) is 0 Å². The van der Waals surface area contributed by atoms with E-state index in [9.17, 15) is 4.79 Å². The Hall–Kier alpha value is -1.95. The molecular weight excluding hydrogens is 332 g/mol. The van der Waals surface area contributed by atoms with Gasteiger partial charge in [0.25, 0.3) is 0 Å². The number of hydrogen-bond acceptors (Lipinski definition) is 5. The Balaban J connectivity index is 1.31. The van der Waals surface area contributed by atoms with E-state index < -0.39 is 0 Å². The number of amides is 1. The molecule has 1 N–H and O–H groups in total. The first kappa shape index (κ1) is 17.5. The molecule has 1 unspecified atom stereocenters. The van der Waals surface area contributed by atoms with Crippen LogP contribution in [-0.4, -0.2) is 43.8 Å². The molecule has 4 rings (SSSR count). The van der Waals surface area contributed by atoms with Crippen LogP contribution < -0.4 is 19.5 Å². The van der Waals surface area contributed by atoms with Gasteiger partial charge in [-0.3, -0.25) is 9.69 Å². The zero-order valence-electron chi connectivity index (χ0n) is 15.5. The van der Waals surface area contributed by atoms with Gasteiger partial charge in [0.05, 0.1) is 7.11 Å². The molecule has 0 radical (unpaired) electrons. The van der Waals surface area contributed by atoms with E-state index >= 15 is 0 Å². The monoisotopic (exact) mass is 360 g/mol. The molecule has 2 fully saturated rings. The minimum absolute atomic E-state index is 0.227. The highest BCUT2D eigenvalue weighted by Gasteiger charge is 2.26. The lowest BCUT2D eigenvalue weighted by Crippen LogP contribution is -2.35. The molecule has 1 saturated carbocycles. The van der Waals surface area contributed by atoms with Crippen LogP contribution in [0.5, 0.6) is 17.2 Å². The molecule has 1 aromatic carbocycles. The third-order valence-corrected chi connectivity index (χ3v) is 5.45. The lowest BCUT2D eigenvalue weighted by molar-refractivity contribution is -0.121. The van der Waals surface area contributed by atoms with Crippen LogP contribution in [-0.2, 0) is 11.3 Å². The van der Waals surface area contributed by atoms with Gasteiger partial charge in [-0.25, -0.2) is 0 Å². The molecular formula is C20H28N2O4. The molecule has 0 aromatic heterocycles. The maximum Gasteiger partial charge on any atom is 0.231 e. The number of fused-ring (bicyclic) bond motifs is 1. The summed E-state index contributed by atoms with van der Waals surface area (Å²) in [4.78, 5) is 14.4. The predicted octanol–water partition coefficient (Wildman–Crippen LogP) is 2.69. The van der Waals surface area contributed by atoms with Gasteiger partial charge in [-0.05, 0) is 62.3 Å². The molecule has 1 aliphatic carbocycles. The number of methoxy groups -OCH3 is 1. The molecule has 1 aromatic rings. The molecule has 0 bridgehead atoms. The molecule has 142 valence electrons. The first-order chi connectivity index (χ1) is 12.7. The number of hydrogen-bond donors (Lipinski definition) is 1. The fourth-order valence-electron chi connectivity index (χ4n) is 3.93. The van der Waals surface area contributed by atoms with E-state index in [0.717, 1.165) is 50.4 Å². The summed E-state index contributed by atoms with van der Waals surface area (Å²) in [5.74, 6) is 3.04. The zero-order valence-corrected chi connectivity index (χ0v) is 15.5. The molecule has 0 spiro atoms. The van der Waals surface area contributed by atoms with Gasteiger partial charge in [0.1, 0.15) is 0 Å². The van der Waals surface area contributed by atoms with Gasteiger partial charge < -0.3 is 19.5 Å². The van der Waals surface area contributed by atoms with Crippen molar-refractivity contribution in [3.05, 3.63) is 17.7 Å². The smallest absolute Gasteiger partial charge is 0.231 e. The van der Waals surface area contributed by atoms with Gasteiger partial charge in [0.15, 0.2) is 11.5 Å². The summed E-state index contributed by atoms with van der Waals surface area (Å²) in [5, 5.41) is 3.09. The third kappa shape index (κ3) is 4.23. The fourth-order valence-corrected chi connectivity index (χ4v) is 3.93. The van der Waals surface area contributed by atoms with E-state index in [0.29, 0.717) is 24.1 Å². The summed E-state index contributed by atoms with van der Waals surface area (Å²) in [5.41, 5.74) is 1.18. The average molecular weight is 360 g/mol. The maximum absolute atomic E-state index is 11.9. The van der Waals surface area contributed by atoms with Crippen molar-refractivity contribution in [1.82, 2.24) is 10.2 Å². The summed E-state index contributed by atoms with van der Waals surface area (Å²) in [6, 6.07) is 4.56. The van der Waals surface area contributed by atoms with Crippen LogP contribution in [0.3, 0.4) is 0 Å². The molecule has 1 saturated heterocycles. The van der Waals surface area contributed by atoms with Crippen LogP contribution in [0, 0.1) is 5.92 Å². The van der Waals surface area contributed by atoms with Crippen molar-refractivity contribution in [2.24, 2.45) is 5.92 Å². The highest BCUT2D eigenvalue weighted by molar-refractivity contribution is 5.76. The number of piperidine rings is 1. The molecule has 1 amide bonds. The summed E-state index contributed by atoms with van der Waals surface area (Å²) >= 11 is 0. The summed E-state index contributed by atoms with van der Waals surface area (Å²) in [6.07, 6.45) is 6.37. The van der Waals surface area contributed by atoms with E-state index in [2.05, 4.69) is 16.3 Å². The standard InChI is InChI=1S/C20H28N2O4/c1-24-17-9-15(10-18-20(17)26-13-25-18)12-22-8-2-3-14(11-22)4-7-19(23)21-16-5-6-16/h9-10,14,16H,2-8,11-13H2,1H3,(H,21,23). The molecule has 2 heterocycles. The highest BCUT2D eigenvalue weighted by atomic mass is 16.7. The van der Waals surface area contributed by atoms with Crippen molar-refractivity contribution in [3.63, 3.8) is 0 Å². The van der Waals surface area contributed by atoms with Crippen LogP contribution in [0.2, 0.25) is 0 Å². The van der Waals surface area contributed by atoms with Gasteiger partial charge in [-0.1, -0.05) is 0 Å². The fraction of sp³-hybridized carbons (Fsp3) is 0.650. The second-order valence-electron chi connectivity index (χ2n) is 7.66. The number of carbonyl (C=O) groups is 1. The quantitative estimate of drug-likeness (QED) is 0.810. The number of ether oxygens (including phenoxy) is 3. The largest absolute Gasteiger partial charge is 0.493 e. The number of carbonyl (C=O) groups excluding carboxylic acids is 1. The number of likely N-dealkylation sites (tertiary alicyclic amines) is 1. The van der Waals surface area contributed by atoms with Crippen molar-refractivity contribution >= 4 is 5.91 Å². The Morgan fingerprint density at radius 3 is 3.00 bits per heavy atom. The van der Waals surface area contributed by atoms with E-state index in [1.165, 1.54) is 18.4 Å². The lowest BCUT2D eigenvalue weighted by atomic mass is 9.93. The summed E-state index contributed by atoms with van der Waals surface area (Å²) in [6.45, 7) is 3.27. The Kier molecular flexibility index (Phi) is 5.20. The number of rotatable bonds is 7. The Labute approximate surface area is 154 Å². The van der Waals surface area contributed by atoms with Crippen molar-refractivity contribution < 1.29 is 19.0 Å². The number of nitrogens with one attached hydrogen (secondary N) is 1. The van der Waals surface area contributed by atoms with Gasteiger partial charge in [0, 0.05) is 25.6 Å². The Morgan fingerprint density at radius 1 is 1.31 bits per heavy atom. The Morgan fingerprint density at radius 2 is 2.19 bits per heavy atom. The maximum atomic E-state index is 11.9. The van der Waals surface area contributed by atoms with Gasteiger partial charge in [-0.2, -0.15) is 0 Å². The third-order valence-electron chi connectivity index (χ3n) is 5.45. The second kappa shape index (κ2) is 7.74. The first-order valence-electron chi connectivity index (χ1n) is 9.69. The molecule has 1 atom stereocenters.